The van der Waals surface area contributed by atoms with Gasteiger partial charge in [0.1, 0.15) is 23.1 Å². The number of para-hydroxylation sites is 1. The minimum atomic E-state index is -0.993. The van der Waals surface area contributed by atoms with Gasteiger partial charge in [-0.15, -0.1) is 0 Å². The molecule has 1 fully saturated rings. The fraction of sp³-hybridized carbons (Fsp3) is 0.0667. The van der Waals surface area contributed by atoms with Crippen LogP contribution in [0.4, 0.5) is 10.1 Å². The molecular formula is C30H22FNO4. The van der Waals surface area contributed by atoms with E-state index in [4.69, 9.17) is 4.74 Å². The lowest BCUT2D eigenvalue weighted by atomic mass is 9.94. The van der Waals surface area contributed by atoms with Gasteiger partial charge in [0.15, 0.2) is 0 Å². The molecule has 1 N–H and O–H groups in total. The van der Waals surface area contributed by atoms with E-state index in [0.29, 0.717) is 22.6 Å². The number of ether oxygens (including phenoxy) is 1. The van der Waals surface area contributed by atoms with Gasteiger partial charge in [0.2, 0.25) is 0 Å². The van der Waals surface area contributed by atoms with Crippen LogP contribution >= 0.6 is 0 Å². The summed E-state index contributed by atoms with van der Waals surface area (Å²) in [6.45, 7) is 1.91. The van der Waals surface area contributed by atoms with Crippen molar-refractivity contribution < 1.29 is 23.8 Å². The van der Waals surface area contributed by atoms with Gasteiger partial charge in [-0.3, -0.25) is 14.5 Å². The molecule has 178 valence electrons. The number of benzene rings is 4. The van der Waals surface area contributed by atoms with Gasteiger partial charge in [0.25, 0.3) is 11.7 Å². The van der Waals surface area contributed by atoms with Crippen molar-refractivity contribution in [2.45, 2.75) is 13.0 Å². The van der Waals surface area contributed by atoms with Crippen LogP contribution in [0.5, 0.6) is 11.5 Å². The molecule has 1 heterocycles. The largest absolute Gasteiger partial charge is 0.507 e. The molecule has 0 saturated carbocycles. The van der Waals surface area contributed by atoms with Crippen LogP contribution in [0.15, 0.2) is 109 Å². The number of aliphatic hydroxyl groups excluding tert-OH is 1. The van der Waals surface area contributed by atoms with E-state index in [1.54, 1.807) is 54.6 Å². The van der Waals surface area contributed by atoms with Gasteiger partial charge in [-0.25, -0.2) is 4.39 Å². The van der Waals surface area contributed by atoms with E-state index in [-0.39, 0.29) is 17.0 Å². The maximum Gasteiger partial charge on any atom is 0.300 e. The quantitative estimate of drug-likeness (QED) is 0.200. The Labute approximate surface area is 207 Å². The number of aryl methyl sites for hydroxylation is 1. The topological polar surface area (TPSA) is 66.8 Å². The van der Waals surface area contributed by atoms with Crippen LogP contribution in [0, 0.1) is 12.7 Å². The van der Waals surface area contributed by atoms with Crippen molar-refractivity contribution in [1.82, 2.24) is 0 Å². The molecule has 1 amide bonds. The van der Waals surface area contributed by atoms with Gasteiger partial charge in [-0.05, 0) is 55.0 Å². The van der Waals surface area contributed by atoms with Gasteiger partial charge in [0.05, 0.1) is 11.6 Å². The van der Waals surface area contributed by atoms with Crippen molar-refractivity contribution >= 4 is 23.1 Å². The molecule has 0 aliphatic carbocycles. The number of Topliss-reactive ketones (excluding diaryl/α,β-unsaturated/α-hetero) is 1. The number of hydrogen-bond donors (Lipinski definition) is 1. The lowest BCUT2D eigenvalue weighted by Gasteiger charge is -2.26. The number of nitrogens with zero attached hydrogens (tertiary/aromatic N) is 1. The summed E-state index contributed by atoms with van der Waals surface area (Å²) >= 11 is 0. The van der Waals surface area contributed by atoms with E-state index in [2.05, 4.69) is 0 Å². The van der Waals surface area contributed by atoms with Crippen molar-refractivity contribution in [1.29, 1.82) is 0 Å². The van der Waals surface area contributed by atoms with Crippen molar-refractivity contribution in [3.63, 3.8) is 0 Å². The summed E-state index contributed by atoms with van der Waals surface area (Å²) in [5.74, 6) is -1.45. The number of carbonyl (C=O) groups excluding carboxylic acids is 2. The highest BCUT2D eigenvalue weighted by Gasteiger charge is 2.47. The average molecular weight is 480 g/mol. The Hall–Kier alpha value is -4.71. The zero-order valence-corrected chi connectivity index (χ0v) is 19.4. The van der Waals surface area contributed by atoms with E-state index >= 15 is 0 Å². The third-order valence-electron chi connectivity index (χ3n) is 6.01. The number of aliphatic hydroxyl groups is 1. The Bertz CT molecular complexity index is 1480. The summed E-state index contributed by atoms with van der Waals surface area (Å²) in [6, 6.07) is 27.6. The first-order valence-electron chi connectivity index (χ1n) is 11.4. The molecule has 0 bridgehead atoms. The molecule has 6 heteroatoms. The Morgan fingerprint density at radius 2 is 1.53 bits per heavy atom. The number of carbonyl (C=O) groups is 2. The highest BCUT2D eigenvalue weighted by Crippen LogP contribution is 2.43. The van der Waals surface area contributed by atoms with Crippen molar-refractivity contribution in [2.24, 2.45) is 0 Å². The fourth-order valence-corrected chi connectivity index (χ4v) is 4.28. The normalized spacial score (nSPS) is 16.8. The Morgan fingerprint density at radius 1 is 0.833 bits per heavy atom. The SMILES string of the molecule is Cc1ccc(/C(O)=C2\C(=O)C(=O)N(c3cccc(F)c3)C2c2cccc(Oc3ccccc3)c2)cc1. The van der Waals surface area contributed by atoms with E-state index < -0.39 is 23.5 Å². The molecule has 1 aliphatic heterocycles. The third-order valence-corrected chi connectivity index (χ3v) is 6.01. The highest BCUT2D eigenvalue weighted by atomic mass is 19.1. The van der Waals surface area contributed by atoms with Crippen LogP contribution in [0.25, 0.3) is 5.76 Å². The monoisotopic (exact) mass is 479 g/mol. The number of ketones is 1. The van der Waals surface area contributed by atoms with Gasteiger partial charge in [0, 0.05) is 11.3 Å². The second-order valence-corrected chi connectivity index (χ2v) is 8.50. The minimum absolute atomic E-state index is 0.0787. The first-order valence-corrected chi connectivity index (χ1v) is 11.4. The summed E-state index contributed by atoms with van der Waals surface area (Å²) in [4.78, 5) is 27.8. The summed E-state index contributed by atoms with van der Waals surface area (Å²) in [5.41, 5.74) is 2.04. The Morgan fingerprint density at radius 3 is 2.25 bits per heavy atom. The predicted octanol–water partition coefficient (Wildman–Crippen LogP) is 6.55. The molecule has 4 aromatic carbocycles. The average Bonchev–Trinajstić information content (AvgIpc) is 3.15. The second kappa shape index (κ2) is 9.50. The number of hydrogen-bond acceptors (Lipinski definition) is 4. The fourth-order valence-electron chi connectivity index (χ4n) is 4.28. The summed E-state index contributed by atoms with van der Waals surface area (Å²) in [7, 11) is 0. The molecule has 1 atom stereocenters. The standard InChI is InChI=1S/C30H22FNO4/c1-19-13-15-20(16-14-19)28(33)26-27(32(30(35)29(26)34)23-9-6-8-22(31)18-23)21-7-5-12-25(17-21)36-24-10-3-2-4-11-24/h2-18,27,33H,1H3/b28-26+. The molecule has 5 nitrogen and oxygen atoms in total. The number of amides is 1. The van der Waals surface area contributed by atoms with E-state index in [1.807, 2.05) is 37.3 Å². The van der Waals surface area contributed by atoms with Crippen molar-refractivity contribution in [2.75, 3.05) is 4.90 Å². The molecule has 0 aromatic heterocycles. The molecule has 0 spiro atoms. The van der Waals surface area contributed by atoms with Gasteiger partial charge < -0.3 is 9.84 Å². The Kier molecular flexibility index (Phi) is 6.09. The predicted molar refractivity (Wildman–Crippen MR) is 135 cm³/mol. The molecule has 4 aromatic rings. The Balaban J connectivity index is 1.67. The van der Waals surface area contributed by atoms with E-state index in [0.717, 1.165) is 5.56 Å². The molecule has 36 heavy (non-hydrogen) atoms. The van der Waals surface area contributed by atoms with Gasteiger partial charge in [-0.2, -0.15) is 0 Å². The molecule has 0 radical (unpaired) electrons. The first kappa shape index (κ1) is 23.1. The van der Waals surface area contributed by atoms with E-state index in [9.17, 15) is 19.1 Å². The molecule has 1 saturated heterocycles. The summed E-state index contributed by atoms with van der Waals surface area (Å²) in [6.07, 6.45) is 0. The number of anilines is 1. The third kappa shape index (κ3) is 4.36. The van der Waals surface area contributed by atoms with Crippen LogP contribution in [-0.2, 0) is 9.59 Å². The first-order chi connectivity index (χ1) is 17.4. The smallest absolute Gasteiger partial charge is 0.300 e. The maximum absolute atomic E-state index is 14.1. The molecular weight excluding hydrogens is 457 g/mol. The summed E-state index contributed by atoms with van der Waals surface area (Å²) < 4.78 is 20.1. The molecule has 5 rings (SSSR count). The van der Waals surface area contributed by atoms with Crippen molar-refractivity contribution in [3.05, 3.63) is 131 Å². The lowest BCUT2D eigenvalue weighted by molar-refractivity contribution is -0.132. The van der Waals surface area contributed by atoms with Crippen LogP contribution in [0.2, 0.25) is 0 Å². The van der Waals surface area contributed by atoms with Gasteiger partial charge >= 0.3 is 0 Å². The van der Waals surface area contributed by atoms with Crippen LogP contribution in [-0.4, -0.2) is 16.8 Å². The zero-order chi connectivity index (χ0) is 25.2. The minimum Gasteiger partial charge on any atom is -0.507 e. The van der Waals surface area contributed by atoms with Crippen molar-refractivity contribution in [3.8, 4) is 11.5 Å². The van der Waals surface area contributed by atoms with Crippen LogP contribution < -0.4 is 9.64 Å². The zero-order valence-electron chi connectivity index (χ0n) is 19.4. The highest BCUT2D eigenvalue weighted by molar-refractivity contribution is 6.51. The van der Waals surface area contributed by atoms with Crippen LogP contribution in [0.3, 0.4) is 0 Å². The van der Waals surface area contributed by atoms with Crippen LogP contribution in [0.1, 0.15) is 22.7 Å². The van der Waals surface area contributed by atoms with E-state index in [1.165, 1.54) is 23.1 Å². The summed E-state index contributed by atoms with van der Waals surface area (Å²) in [5, 5.41) is 11.2. The van der Waals surface area contributed by atoms with Gasteiger partial charge in [-0.1, -0.05) is 66.2 Å². The maximum atomic E-state index is 14.1. The number of halogens is 1. The lowest BCUT2D eigenvalue weighted by Crippen LogP contribution is -2.29. The number of rotatable bonds is 5. The molecule has 1 aliphatic rings. The molecule has 1 unspecified atom stereocenters. The second-order valence-electron chi connectivity index (χ2n) is 8.50.